The van der Waals surface area contributed by atoms with Crippen LogP contribution in [0.15, 0.2) is 61.2 Å². The Morgan fingerprint density at radius 2 is 1.56 bits per heavy atom. The second-order valence-corrected chi connectivity index (χ2v) is 5.46. The van der Waals surface area contributed by atoms with Crippen molar-refractivity contribution >= 4 is 11.6 Å². The molecule has 0 aliphatic heterocycles. The van der Waals surface area contributed by atoms with E-state index < -0.39 is 12.3 Å². The molecule has 3 rings (SSSR count). The summed E-state index contributed by atoms with van der Waals surface area (Å²) in [6.07, 6.45) is -2.51. The van der Waals surface area contributed by atoms with Crippen molar-refractivity contribution in [3.63, 3.8) is 0 Å². The van der Waals surface area contributed by atoms with Gasteiger partial charge in [0.05, 0.1) is 0 Å². The predicted octanol–water partition coefficient (Wildman–Crippen LogP) is 4.87. The van der Waals surface area contributed by atoms with E-state index in [1.165, 1.54) is 12.1 Å². The van der Waals surface area contributed by atoms with Crippen molar-refractivity contribution in [2.24, 2.45) is 0 Å². The van der Waals surface area contributed by atoms with Crippen LogP contribution in [-0.2, 0) is 0 Å². The van der Waals surface area contributed by atoms with Crippen LogP contribution in [0.25, 0.3) is 11.1 Å². The number of halogens is 4. The third-order valence-electron chi connectivity index (χ3n) is 3.37. The Kier molecular flexibility index (Phi) is 4.85. The average molecular weight is 366 g/mol. The van der Waals surface area contributed by atoms with E-state index in [0.717, 1.165) is 23.5 Å². The van der Waals surface area contributed by atoms with Crippen molar-refractivity contribution in [2.75, 3.05) is 0 Å². The van der Waals surface area contributed by atoms with Crippen LogP contribution < -0.4 is 4.74 Å². The van der Waals surface area contributed by atoms with E-state index in [4.69, 9.17) is 16.3 Å². The lowest BCUT2D eigenvalue weighted by atomic mass is 10.0. The summed E-state index contributed by atoms with van der Waals surface area (Å²) in [5, 5.41) is -0.000963. The van der Waals surface area contributed by atoms with Crippen LogP contribution in [0, 0.1) is 0 Å². The minimum atomic E-state index is -4.62. The first-order valence-electron chi connectivity index (χ1n) is 7.15. The van der Waals surface area contributed by atoms with Gasteiger partial charge in [-0.05, 0) is 23.3 Å². The number of hydrogen-bond donors (Lipinski definition) is 0. The number of pyridine rings is 1. The minimum Gasteiger partial charge on any atom is -0.460 e. The number of benzene rings is 1. The lowest BCUT2D eigenvalue weighted by Gasteiger charge is -2.21. The quantitative estimate of drug-likeness (QED) is 0.619. The monoisotopic (exact) mass is 365 g/mol. The Morgan fingerprint density at radius 3 is 2.16 bits per heavy atom. The normalized spacial score (nSPS) is 12.6. The summed E-state index contributed by atoms with van der Waals surface area (Å²) in [5.41, 5.74) is 1.59. The van der Waals surface area contributed by atoms with Crippen LogP contribution in [-0.4, -0.2) is 21.1 Å². The number of rotatable bonds is 4. The third-order valence-corrected chi connectivity index (χ3v) is 3.58. The second-order valence-electron chi connectivity index (χ2n) is 5.08. The van der Waals surface area contributed by atoms with E-state index in [2.05, 4.69) is 15.0 Å². The zero-order valence-corrected chi connectivity index (χ0v) is 13.4. The van der Waals surface area contributed by atoms with Crippen molar-refractivity contribution in [1.82, 2.24) is 15.0 Å². The second kappa shape index (κ2) is 7.06. The van der Waals surface area contributed by atoms with Gasteiger partial charge in [0.1, 0.15) is 11.5 Å². The molecule has 3 aromatic rings. The molecule has 128 valence electrons. The summed E-state index contributed by atoms with van der Waals surface area (Å²) < 4.78 is 45.2. The van der Waals surface area contributed by atoms with Gasteiger partial charge in [0.2, 0.25) is 12.0 Å². The number of nitrogens with zero attached hydrogens (tertiary/aromatic N) is 3. The van der Waals surface area contributed by atoms with Crippen molar-refractivity contribution in [1.29, 1.82) is 0 Å². The SMILES string of the molecule is FC(F)(F)C(Oc1cc(Cl)ncn1)c1ccc(-c2ccncc2)cc1. The van der Waals surface area contributed by atoms with Crippen LogP contribution in [0.2, 0.25) is 5.15 Å². The Balaban J connectivity index is 1.89. The van der Waals surface area contributed by atoms with Gasteiger partial charge in [0.15, 0.2) is 0 Å². The smallest absolute Gasteiger partial charge is 0.429 e. The molecule has 2 heterocycles. The Hall–Kier alpha value is -2.67. The Bertz CT molecular complexity index is 842. The van der Waals surface area contributed by atoms with Crippen molar-refractivity contribution in [3.05, 3.63) is 71.9 Å². The first kappa shape index (κ1) is 17.2. The van der Waals surface area contributed by atoms with Crippen molar-refractivity contribution < 1.29 is 17.9 Å². The molecule has 0 N–H and O–H groups in total. The lowest BCUT2D eigenvalue weighted by Crippen LogP contribution is -2.26. The maximum atomic E-state index is 13.4. The van der Waals surface area contributed by atoms with E-state index >= 15 is 0 Å². The molecular weight excluding hydrogens is 355 g/mol. The summed E-state index contributed by atoms with van der Waals surface area (Å²) in [5.74, 6) is -0.250. The lowest BCUT2D eigenvalue weighted by molar-refractivity contribution is -0.198. The number of aromatic nitrogens is 3. The molecule has 4 nitrogen and oxygen atoms in total. The van der Waals surface area contributed by atoms with Crippen LogP contribution in [0.4, 0.5) is 13.2 Å². The highest BCUT2D eigenvalue weighted by molar-refractivity contribution is 6.29. The standard InChI is InChI=1S/C17H11ClF3N3O/c18-14-9-15(24-10-23-14)25-16(17(19,20)21)13-3-1-11(2-4-13)12-5-7-22-8-6-12/h1-10,16H. The first-order chi connectivity index (χ1) is 11.9. The van der Waals surface area contributed by atoms with Gasteiger partial charge in [-0.3, -0.25) is 4.98 Å². The summed E-state index contributed by atoms with van der Waals surface area (Å²) in [4.78, 5) is 11.2. The van der Waals surface area contributed by atoms with Crippen LogP contribution in [0.5, 0.6) is 5.88 Å². The largest absolute Gasteiger partial charge is 0.460 e. The minimum absolute atomic E-state index is 0.000963. The number of ether oxygens (including phenoxy) is 1. The van der Waals surface area contributed by atoms with Gasteiger partial charge < -0.3 is 4.74 Å². The average Bonchev–Trinajstić information content (AvgIpc) is 2.60. The highest BCUT2D eigenvalue weighted by Crippen LogP contribution is 2.37. The molecule has 0 saturated heterocycles. The number of alkyl halides is 3. The molecule has 0 radical (unpaired) electrons. The molecular formula is C17H11ClF3N3O. The van der Waals surface area contributed by atoms with Gasteiger partial charge in [-0.15, -0.1) is 0 Å². The molecule has 1 atom stereocenters. The van der Waals surface area contributed by atoms with Crippen molar-refractivity contribution in [3.8, 4) is 17.0 Å². The summed E-state index contributed by atoms with van der Waals surface area (Å²) in [6.45, 7) is 0. The topological polar surface area (TPSA) is 47.9 Å². The molecule has 25 heavy (non-hydrogen) atoms. The van der Waals surface area contributed by atoms with Gasteiger partial charge >= 0.3 is 6.18 Å². The van der Waals surface area contributed by atoms with Gasteiger partial charge in [-0.2, -0.15) is 13.2 Å². The molecule has 0 spiro atoms. The van der Waals surface area contributed by atoms with Crippen molar-refractivity contribution in [2.45, 2.75) is 12.3 Å². The van der Waals surface area contributed by atoms with Crippen LogP contribution in [0.3, 0.4) is 0 Å². The maximum absolute atomic E-state index is 13.4. The highest BCUT2D eigenvalue weighted by Gasteiger charge is 2.43. The molecule has 0 bridgehead atoms. The predicted molar refractivity (Wildman–Crippen MR) is 86.1 cm³/mol. The van der Waals surface area contributed by atoms with Crippen LogP contribution >= 0.6 is 11.6 Å². The fraction of sp³-hybridized carbons (Fsp3) is 0.118. The van der Waals surface area contributed by atoms with E-state index in [9.17, 15) is 13.2 Å². The molecule has 0 fully saturated rings. The van der Waals surface area contributed by atoms with E-state index in [-0.39, 0.29) is 16.6 Å². The zero-order valence-electron chi connectivity index (χ0n) is 12.6. The Labute approximate surface area is 146 Å². The molecule has 1 aromatic carbocycles. The molecule has 2 aromatic heterocycles. The van der Waals surface area contributed by atoms with Gasteiger partial charge in [0.25, 0.3) is 0 Å². The summed E-state index contributed by atoms with van der Waals surface area (Å²) >= 11 is 5.66. The fourth-order valence-corrected chi connectivity index (χ4v) is 2.36. The molecule has 0 amide bonds. The molecule has 0 aliphatic rings. The molecule has 0 saturated carbocycles. The summed E-state index contributed by atoms with van der Waals surface area (Å²) in [7, 11) is 0. The van der Waals surface area contributed by atoms with Crippen LogP contribution in [0.1, 0.15) is 11.7 Å². The third kappa shape index (κ3) is 4.24. The van der Waals surface area contributed by atoms with Gasteiger partial charge in [-0.1, -0.05) is 35.9 Å². The van der Waals surface area contributed by atoms with Gasteiger partial charge in [-0.25, -0.2) is 9.97 Å². The van der Waals surface area contributed by atoms with Gasteiger partial charge in [0, 0.05) is 24.0 Å². The van der Waals surface area contributed by atoms with E-state index in [1.807, 2.05) is 0 Å². The first-order valence-corrected chi connectivity index (χ1v) is 7.52. The fourth-order valence-electron chi connectivity index (χ4n) is 2.22. The summed E-state index contributed by atoms with van der Waals surface area (Å²) in [6, 6.07) is 10.6. The number of hydrogen-bond acceptors (Lipinski definition) is 4. The highest BCUT2D eigenvalue weighted by atomic mass is 35.5. The Morgan fingerprint density at radius 1 is 0.920 bits per heavy atom. The van der Waals surface area contributed by atoms with E-state index in [0.29, 0.717) is 0 Å². The zero-order chi connectivity index (χ0) is 17.9. The molecule has 8 heteroatoms. The molecule has 1 unspecified atom stereocenters. The maximum Gasteiger partial charge on any atom is 0.429 e. The molecule has 0 aliphatic carbocycles. The van der Waals surface area contributed by atoms with E-state index in [1.54, 1.807) is 36.7 Å².